The monoisotopic (exact) mass is 465 g/mol. The van der Waals surface area contributed by atoms with Crippen molar-refractivity contribution in [3.63, 3.8) is 0 Å². The molecule has 2 fully saturated rings. The summed E-state index contributed by atoms with van der Waals surface area (Å²) < 4.78 is 26.0. The molecule has 2 aromatic heterocycles. The Kier molecular flexibility index (Phi) is 5.65. The van der Waals surface area contributed by atoms with Crippen molar-refractivity contribution in [3.05, 3.63) is 66.0 Å². The van der Waals surface area contributed by atoms with E-state index in [0.29, 0.717) is 38.3 Å². The van der Waals surface area contributed by atoms with Crippen LogP contribution in [-0.2, 0) is 9.84 Å². The van der Waals surface area contributed by atoms with Gasteiger partial charge in [0.05, 0.1) is 23.2 Å². The molecule has 0 N–H and O–H groups in total. The number of carbonyl (C=O) groups is 1. The van der Waals surface area contributed by atoms with Crippen LogP contribution in [0.1, 0.15) is 28.5 Å². The number of aryl methyl sites for hydroxylation is 1. The number of aromatic nitrogens is 3. The molecule has 0 bridgehead atoms. The van der Waals surface area contributed by atoms with E-state index in [-0.39, 0.29) is 23.5 Å². The Labute approximate surface area is 193 Å². The molecule has 9 heteroatoms. The second kappa shape index (κ2) is 8.62. The number of carbonyl (C=O) groups excluding carboxylic acids is 1. The molecule has 1 atom stereocenters. The lowest BCUT2D eigenvalue weighted by atomic mass is 10.1. The molecule has 172 valence electrons. The Morgan fingerprint density at radius 2 is 1.79 bits per heavy atom. The summed E-state index contributed by atoms with van der Waals surface area (Å²) in [6.45, 7) is 4.59. The Hall–Kier alpha value is -3.20. The highest BCUT2D eigenvalue weighted by atomic mass is 32.2. The van der Waals surface area contributed by atoms with E-state index in [9.17, 15) is 13.2 Å². The maximum atomic E-state index is 13.3. The van der Waals surface area contributed by atoms with Gasteiger partial charge in [0, 0.05) is 32.4 Å². The van der Waals surface area contributed by atoms with Crippen LogP contribution in [0.25, 0.3) is 11.3 Å². The van der Waals surface area contributed by atoms with Gasteiger partial charge < -0.3 is 9.80 Å². The molecule has 0 aliphatic carbocycles. The molecule has 0 saturated carbocycles. The molecule has 3 aromatic rings. The second-order valence-corrected chi connectivity index (χ2v) is 11.0. The molecule has 2 saturated heterocycles. The first kappa shape index (κ1) is 21.6. The van der Waals surface area contributed by atoms with Crippen molar-refractivity contribution in [2.45, 2.75) is 19.4 Å². The van der Waals surface area contributed by atoms with Gasteiger partial charge in [0.1, 0.15) is 5.82 Å². The minimum atomic E-state index is -3.08. The van der Waals surface area contributed by atoms with Crippen LogP contribution in [0.3, 0.4) is 0 Å². The van der Waals surface area contributed by atoms with Crippen molar-refractivity contribution in [1.29, 1.82) is 0 Å². The molecule has 4 heterocycles. The fraction of sp³-hybridized carbons (Fsp3) is 0.375. The number of rotatable bonds is 4. The third kappa shape index (κ3) is 4.50. The standard InChI is InChI=1S/C24H27N5O3S/c1-18-5-7-19(8-6-18)22-16-21(26-29(22)20-9-15-33(31,32)17-20)24(30)28-13-11-27(12-14-28)23-4-2-3-10-25-23/h2-8,10,16,20H,9,11-15,17H2,1H3. The first-order valence-corrected chi connectivity index (χ1v) is 13.0. The summed E-state index contributed by atoms with van der Waals surface area (Å²) in [5, 5.41) is 4.64. The van der Waals surface area contributed by atoms with E-state index in [1.54, 1.807) is 10.9 Å². The van der Waals surface area contributed by atoms with Crippen molar-refractivity contribution in [3.8, 4) is 11.3 Å². The van der Waals surface area contributed by atoms with Gasteiger partial charge in [-0.2, -0.15) is 5.10 Å². The zero-order valence-electron chi connectivity index (χ0n) is 18.6. The molecule has 0 radical (unpaired) electrons. The number of anilines is 1. The number of hydrogen-bond donors (Lipinski definition) is 0. The SMILES string of the molecule is Cc1ccc(-c2cc(C(=O)N3CCN(c4ccccn4)CC3)nn2C2CCS(=O)(=O)C2)cc1. The van der Waals surface area contributed by atoms with E-state index in [2.05, 4.69) is 15.0 Å². The first-order valence-electron chi connectivity index (χ1n) is 11.2. The smallest absolute Gasteiger partial charge is 0.274 e. The highest BCUT2D eigenvalue weighted by Crippen LogP contribution is 2.30. The highest BCUT2D eigenvalue weighted by molar-refractivity contribution is 7.91. The summed E-state index contributed by atoms with van der Waals surface area (Å²) in [7, 11) is -3.08. The van der Waals surface area contributed by atoms with Gasteiger partial charge in [0.25, 0.3) is 5.91 Å². The van der Waals surface area contributed by atoms with Gasteiger partial charge >= 0.3 is 0 Å². The quantitative estimate of drug-likeness (QED) is 0.589. The third-order valence-electron chi connectivity index (χ3n) is 6.40. The molecule has 0 spiro atoms. The van der Waals surface area contributed by atoms with Crippen LogP contribution in [0.2, 0.25) is 0 Å². The Bertz CT molecular complexity index is 1250. The summed E-state index contributed by atoms with van der Waals surface area (Å²) in [5.74, 6) is 1.01. The molecule has 2 aliphatic heterocycles. The predicted molar refractivity (Wildman–Crippen MR) is 127 cm³/mol. The fourth-order valence-electron chi connectivity index (χ4n) is 4.53. The number of hydrogen-bond acceptors (Lipinski definition) is 6. The molecule has 1 unspecified atom stereocenters. The van der Waals surface area contributed by atoms with Gasteiger partial charge in [0.15, 0.2) is 15.5 Å². The number of benzene rings is 1. The number of amides is 1. The van der Waals surface area contributed by atoms with E-state index in [4.69, 9.17) is 0 Å². The van der Waals surface area contributed by atoms with Gasteiger partial charge in [-0.1, -0.05) is 35.9 Å². The molecular weight excluding hydrogens is 438 g/mol. The van der Waals surface area contributed by atoms with Crippen LogP contribution >= 0.6 is 0 Å². The van der Waals surface area contributed by atoms with E-state index in [1.807, 2.05) is 60.4 Å². The van der Waals surface area contributed by atoms with Crippen LogP contribution in [0.15, 0.2) is 54.7 Å². The van der Waals surface area contributed by atoms with E-state index >= 15 is 0 Å². The lowest BCUT2D eigenvalue weighted by Gasteiger charge is -2.35. The molecule has 2 aliphatic rings. The number of piperazine rings is 1. The highest BCUT2D eigenvalue weighted by Gasteiger charge is 2.33. The minimum Gasteiger partial charge on any atom is -0.353 e. The molecule has 8 nitrogen and oxygen atoms in total. The van der Waals surface area contributed by atoms with Gasteiger partial charge in [-0.15, -0.1) is 0 Å². The van der Waals surface area contributed by atoms with Gasteiger partial charge in [-0.05, 0) is 37.1 Å². The predicted octanol–water partition coefficient (Wildman–Crippen LogP) is 2.58. The Morgan fingerprint density at radius 1 is 1.03 bits per heavy atom. The normalized spacial score (nSPS) is 20.2. The lowest BCUT2D eigenvalue weighted by molar-refractivity contribution is 0.0739. The van der Waals surface area contributed by atoms with Gasteiger partial charge in [0.2, 0.25) is 0 Å². The molecule has 1 aromatic carbocycles. The lowest BCUT2D eigenvalue weighted by Crippen LogP contribution is -2.49. The summed E-state index contributed by atoms with van der Waals surface area (Å²) in [6.07, 6.45) is 2.29. The molecule has 5 rings (SSSR count). The van der Waals surface area contributed by atoms with Crippen molar-refractivity contribution < 1.29 is 13.2 Å². The van der Waals surface area contributed by atoms with Crippen molar-refractivity contribution >= 4 is 21.6 Å². The van der Waals surface area contributed by atoms with Gasteiger partial charge in [-0.3, -0.25) is 9.48 Å². The number of nitrogens with zero attached hydrogens (tertiary/aromatic N) is 5. The largest absolute Gasteiger partial charge is 0.353 e. The molecular formula is C24H27N5O3S. The van der Waals surface area contributed by atoms with Crippen LogP contribution in [0.4, 0.5) is 5.82 Å². The number of sulfone groups is 1. The molecule has 1 amide bonds. The second-order valence-electron chi connectivity index (χ2n) is 8.75. The first-order chi connectivity index (χ1) is 15.9. The zero-order chi connectivity index (χ0) is 23.0. The topological polar surface area (TPSA) is 88.4 Å². The Morgan fingerprint density at radius 3 is 2.42 bits per heavy atom. The summed E-state index contributed by atoms with van der Waals surface area (Å²) in [5.41, 5.74) is 3.21. The maximum Gasteiger partial charge on any atom is 0.274 e. The zero-order valence-corrected chi connectivity index (χ0v) is 19.4. The van der Waals surface area contributed by atoms with Crippen molar-refractivity contribution in [2.75, 3.05) is 42.6 Å². The average Bonchev–Trinajstić information content (AvgIpc) is 3.43. The minimum absolute atomic E-state index is 0.0594. The van der Waals surface area contributed by atoms with Crippen LogP contribution in [0.5, 0.6) is 0 Å². The van der Waals surface area contributed by atoms with E-state index in [1.165, 1.54) is 0 Å². The van der Waals surface area contributed by atoms with Crippen LogP contribution < -0.4 is 4.90 Å². The Balaban J connectivity index is 1.39. The molecule has 33 heavy (non-hydrogen) atoms. The third-order valence-corrected chi connectivity index (χ3v) is 8.15. The van der Waals surface area contributed by atoms with Crippen molar-refractivity contribution in [2.24, 2.45) is 0 Å². The van der Waals surface area contributed by atoms with E-state index < -0.39 is 9.84 Å². The van der Waals surface area contributed by atoms with Crippen molar-refractivity contribution in [1.82, 2.24) is 19.7 Å². The van der Waals surface area contributed by atoms with E-state index in [0.717, 1.165) is 22.6 Å². The summed E-state index contributed by atoms with van der Waals surface area (Å²) in [6, 6.07) is 15.4. The van der Waals surface area contributed by atoms with Crippen LogP contribution in [-0.4, -0.2) is 71.7 Å². The number of pyridine rings is 1. The summed E-state index contributed by atoms with van der Waals surface area (Å²) in [4.78, 5) is 21.7. The summed E-state index contributed by atoms with van der Waals surface area (Å²) >= 11 is 0. The van der Waals surface area contributed by atoms with Crippen LogP contribution in [0, 0.1) is 6.92 Å². The maximum absolute atomic E-state index is 13.3. The fourth-order valence-corrected chi connectivity index (χ4v) is 6.22. The average molecular weight is 466 g/mol. The van der Waals surface area contributed by atoms with Gasteiger partial charge in [-0.25, -0.2) is 13.4 Å².